The lowest BCUT2D eigenvalue weighted by Gasteiger charge is -2.34. The number of nitrogens with two attached hydrogens (primary N) is 1. The van der Waals surface area contributed by atoms with Crippen LogP contribution in [0.2, 0.25) is 5.02 Å². The standard InChI is InChI=1S/C27H32ClN3O5/c1-4-34-26(33)31-12-11-19(22-14-20(28)9-10-23(22)29)13-24(31)17-5-7-18(8-6-17)25(32)30-15-21-16-35-27(2,3)36-21/h5-10,13-14,21,24H,4,11-12,15-16,29H2,1-3H3,(H,30,32). The molecule has 2 aromatic rings. The number of nitrogens with zero attached hydrogens (tertiary/aromatic N) is 1. The van der Waals surface area contributed by atoms with Gasteiger partial charge < -0.3 is 25.3 Å². The molecule has 36 heavy (non-hydrogen) atoms. The van der Waals surface area contributed by atoms with E-state index in [2.05, 4.69) is 5.32 Å². The number of ether oxygens (including phenoxy) is 3. The first-order valence-electron chi connectivity index (χ1n) is 12.1. The van der Waals surface area contributed by atoms with E-state index >= 15 is 0 Å². The molecule has 2 atom stereocenters. The molecule has 0 bridgehead atoms. The Hall–Kier alpha value is -3.07. The molecule has 1 saturated heterocycles. The van der Waals surface area contributed by atoms with Gasteiger partial charge in [-0.2, -0.15) is 0 Å². The maximum Gasteiger partial charge on any atom is 0.410 e. The van der Waals surface area contributed by atoms with Crippen molar-refractivity contribution < 1.29 is 23.8 Å². The Morgan fingerprint density at radius 2 is 1.97 bits per heavy atom. The van der Waals surface area contributed by atoms with Crippen LogP contribution in [0.3, 0.4) is 0 Å². The average Bonchev–Trinajstić information content (AvgIpc) is 3.22. The van der Waals surface area contributed by atoms with Gasteiger partial charge >= 0.3 is 6.09 Å². The smallest absolute Gasteiger partial charge is 0.410 e. The summed E-state index contributed by atoms with van der Waals surface area (Å²) in [5, 5.41) is 3.49. The van der Waals surface area contributed by atoms with E-state index in [9.17, 15) is 9.59 Å². The highest BCUT2D eigenvalue weighted by Crippen LogP contribution is 2.37. The number of carbonyl (C=O) groups is 2. The summed E-state index contributed by atoms with van der Waals surface area (Å²) in [4.78, 5) is 27.1. The van der Waals surface area contributed by atoms with Crippen LogP contribution in [0.5, 0.6) is 0 Å². The molecule has 9 heteroatoms. The highest BCUT2D eigenvalue weighted by atomic mass is 35.5. The average molecular weight is 514 g/mol. The summed E-state index contributed by atoms with van der Waals surface area (Å²) in [5.41, 5.74) is 10.1. The van der Waals surface area contributed by atoms with Crippen molar-refractivity contribution in [3.8, 4) is 0 Å². The van der Waals surface area contributed by atoms with E-state index in [1.165, 1.54) is 0 Å². The number of carbonyl (C=O) groups excluding carboxylic acids is 2. The summed E-state index contributed by atoms with van der Waals surface area (Å²) in [6.07, 6.45) is 2.05. The third-order valence-corrected chi connectivity index (χ3v) is 6.49. The van der Waals surface area contributed by atoms with Crippen LogP contribution in [-0.4, -0.2) is 55.1 Å². The van der Waals surface area contributed by atoms with Crippen LogP contribution in [0, 0.1) is 0 Å². The fourth-order valence-corrected chi connectivity index (χ4v) is 4.64. The molecule has 2 aliphatic rings. The molecule has 2 amide bonds. The molecule has 0 saturated carbocycles. The van der Waals surface area contributed by atoms with E-state index in [-0.39, 0.29) is 30.8 Å². The highest BCUT2D eigenvalue weighted by Gasteiger charge is 2.33. The van der Waals surface area contributed by atoms with Gasteiger partial charge in [-0.05, 0) is 68.7 Å². The lowest BCUT2D eigenvalue weighted by molar-refractivity contribution is -0.137. The Morgan fingerprint density at radius 3 is 2.64 bits per heavy atom. The lowest BCUT2D eigenvalue weighted by atomic mass is 9.91. The molecule has 8 nitrogen and oxygen atoms in total. The molecule has 2 aliphatic heterocycles. The molecule has 2 heterocycles. The van der Waals surface area contributed by atoms with Gasteiger partial charge in [0, 0.05) is 34.9 Å². The van der Waals surface area contributed by atoms with Crippen molar-refractivity contribution >= 4 is 34.9 Å². The molecular weight excluding hydrogens is 482 g/mol. The van der Waals surface area contributed by atoms with Gasteiger partial charge in [-0.15, -0.1) is 0 Å². The highest BCUT2D eigenvalue weighted by molar-refractivity contribution is 6.30. The maximum absolute atomic E-state index is 12.7. The number of anilines is 1. The molecule has 192 valence electrons. The number of nitrogen functional groups attached to an aromatic ring is 1. The second kappa shape index (κ2) is 10.9. The Kier molecular flexibility index (Phi) is 7.88. The van der Waals surface area contributed by atoms with E-state index in [0.717, 1.165) is 16.7 Å². The minimum absolute atomic E-state index is 0.189. The third-order valence-electron chi connectivity index (χ3n) is 6.25. The maximum atomic E-state index is 12.7. The summed E-state index contributed by atoms with van der Waals surface area (Å²) in [5.74, 6) is -0.840. The third kappa shape index (κ3) is 6.00. The number of halogens is 1. The van der Waals surface area contributed by atoms with Gasteiger partial charge in [0.1, 0.15) is 6.10 Å². The fraction of sp³-hybridized carbons (Fsp3) is 0.407. The number of hydrogen-bond donors (Lipinski definition) is 2. The molecule has 1 fully saturated rings. The Labute approximate surface area is 216 Å². The molecule has 0 spiro atoms. The molecule has 3 N–H and O–H groups in total. The number of nitrogens with one attached hydrogen (secondary N) is 1. The topological polar surface area (TPSA) is 103 Å². The SMILES string of the molecule is CCOC(=O)N1CCC(c2cc(Cl)ccc2N)=CC1c1ccc(C(=O)NCC2COC(C)(C)O2)cc1. The van der Waals surface area contributed by atoms with Crippen LogP contribution in [0.1, 0.15) is 54.7 Å². The van der Waals surface area contributed by atoms with E-state index < -0.39 is 5.79 Å². The Morgan fingerprint density at radius 1 is 1.22 bits per heavy atom. The van der Waals surface area contributed by atoms with Gasteiger partial charge in [-0.3, -0.25) is 9.69 Å². The van der Waals surface area contributed by atoms with Gasteiger partial charge in [0.25, 0.3) is 5.91 Å². The predicted octanol–water partition coefficient (Wildman–Crippen LogP) is 4.79. The zero-order valence-corrected chi connectivity index (χ0v) is 21.5. The normalized spacial score (nSPS) is 21.1. The summed E-state index contributed by atoms with van der Waals surface area (Å²) >= 11 is 6.22. The van der Waals surface area contributed by atoms with E-state index in [1.807, 2.05) is 38.1 Å². The number of hydrogen-bond acceptors (Lipinski definition) is 6. The van der Waals surface area contributed by atoms with Crippen molar-refractivity contribution in [1.82, 2.24) is 10.2 Å². The van der Waals surface area contributed by atoms with Crippen molar-refractivity contribution in [1.29, 1.82) is 0 Å². The number of rotatable bonds is 6. The zero-order valence-electron chi connectivity index (χ0n) is 20.8. The van der Waals surface area contributed by atoms with Crippen molar-refractivity contribution in [2.75, 3.05) is 32.0 Å². The number of amides is 2. The van der Waals surface area contributed by atoms with Crippen LogP contribution < -0.4 is 11.1 Å². The van der Waals surface area contributed by atoms with Gasteiger partial charge in [0.05, 0.1) is 19.3 Å². The molecule has 4 rings (SSSR count). The van der Waals surface area contributed by atoms with E-state index in [4.69, 9.17) is 31.5 Å². The summed E-state index contributed by atoms with van der Waals surface area (Å²) in [6.45, 7) is 7.01. The fourth-order valence-electron chi connectivity index (χ4n) is 4.47. The van der Waals surface area contributed by atoms with Gasteiger partial charge in [0.2, 0.25) is 0 Å². The predicted molar refractivity (Wildman–Crippen MR) is 139 cm³/mol. The van der Waals surface area contributed by atoms with Crippen molar-refractivity contribution in [2.45, 2.75) is 45.1 Å². The molecule has 2 unspecified atom stereocenters. The monoisotopic (exact) mass is 513 g/mol. The minimum atomic E-state index is -0.635. The van der Waals surface area contributed by atoms with Crippen molar-refractivity contribution in [3.63, 3.8) is 0 Å². The van der Waals surface area contributed by atoms with Crippen LogP contribution >= 0.6 is 11.6 Å². The second-order valence-electron chi connectivity index (χ2n) is 9.29. The minimum Gasteiger partial charge on any atom is -0.450 e. The van der Waals surface area contributed by atoms with Gasteiger partial charge in [-0.25, -0.2) is 4.79 Å². The lowest BCUT2D eigenvalue weighted by Crippen LogP contribution is -2.38. The largest absolute Gasteiger partial charge is 0.450 e. The van der Waals surface area contributed by atoms with Gasteiger partial charge in [0.15, 0.2) is 5.79 Å². The van der Waals surface area contributed by atoms with Crippen molar-refractivity contribution in [2.24, 2.45) is 0 Å². The van der Waals surface area contributed by atoms with Crippen LogP contribution in [-0.2, 0) is 14.2 Å². The van der Waals surface area contributed by atoms with Crippen LogP contribution in [0.15, 0.2) is 48.5 Å². The summed E-state index contributed by atoms with van der Waals surface area (Å²) < 4.78 is 16.6. The van der Waals surface area contributed by atoms with E-state index in [0.29, 0.717) is 42.4 Å². The molecule has 0 aromatic heterocycles. The molecule has 0 radical (unpaired) electrons. The zero-order chi connectivity index (χ0) is 25.9. The molecule has 2 aromatic carbocycles. The van der Waals surface area contributed by atoms with Crippen molar-refractivity contribution in [3.05, 3.63) is 70.3 Å². The quantitative estimate of drug-likeness (QED) is 0.538. The van der Waals surface area contributed by atoms with Crippen LogP contribution in [0.4, 0.5) is 10.5 Å². The first kappa shape index (κ1) is 26.0. The first-order chi connectivity index (χ1) is 17.2. The van der Waals surface area contributed by atoms with Gasteiger partial charge in [-0.1, -0.05) is 29.8 Å². The number of benzene rings is 2. The molecular formula is C27H32ClN3O5. The Bertz CT molecular complexity index is 1150. The summed E-state index contributed by atoms with van der Waals surface area (Å²) in [7, 11) is 0. The van der Waals surface area contributed by atoms with Crippen LogP contribution in [0.25, 0.3) is 5.57 Å². The first-order valence-corrected chi connectivity index (χ1v) is 12.4. The summed E-state index contributed by atoms with van der Waals surface area (Å²) in [6, 6.07) is 12.2. The molecule has 0 aliphatic carbocycles. The Balaban J connectivity index is 1.53. The second-order valence-corrected chi connectivity index (χ2v) is 9.73. The van der Waals surface area contributed by atoms with E-state index in [1.54, 1.807) is 36.1 Å².